The SMILES string of the molecule is Brc1ccccc1.CC(C)=O.CCC(C)=O. The normalized spacial score (nSPS) is 7.81. The molecule has 2 nitrogen and oxygen atoms in total. The summed E-state index contributed by atoms with van der Waals surface area (Å²) in [5.41, 5.74) is 0. The van der Waals surface area contributed by atoms with Gasteiger partial charge in [-0.3, -0.25) is 0 Å². The molecule has 0 aliphatic heterocycles. The molecule has 0 atom stereocenters. The molecule has 0 aromatic heterocycles. The van der Waals surface area contributed by atoms with Gasteiger partial charge in [0.25, 0.3) is 0 Å². The fourth-order valence-electron chi connectivity index (χ4n) is 0.415. The first-order valence-electron chi connectivity index (χ1n) is 5.07. The average molecular weight is 287 g/mol. The second kappa shape index (κ2) is 12.1. The minimum absolute atomic E-state index is 0.167. The molecule has 0 unspecified atom stereocenters. The van der Waals surface area contributed by atoms with E-state index < -0.39 is 0 Å². The van der Waals surface area contributed by atoms with Crippen LogP contribution >= 0.6 is 15.9 Å². The van der Waals surface area contributed by atoms with Crippen molar-refractivity contribution < 1.29 is 9.59 Å². The van der Waals surface area contributed by atoms with Gasteiger partial charge in [-0.2, -0.15) is 0 Å². The van der Waals surface area contributed by atoms with Crippen LogP contribution in [0.3, 0.4) is 0 Å². The van der Waals surface area contributed by atoms with Crippen molar-refractivity contribution in [2.45, 2.75) is 34.1 Å². The van der Waals surface area contributed by atoms with Gasteiger partial charge >= 0.3 is 0 Å². The monoisotopic (exact) mass is 286 g/mol. The fraction of sp³-hybridized carbons (Fsp3) is 0.385. The molecule has 0 bridgehead atoms. The van der Waals surface area contributed by atoms with Crippen molar-refractivity contribution in [1.82, 2.24) is 0 Å². The molecule has 90 valence electrons. The molecule has 1 aromatic rings. The third-order valence-corrected chi connectivity index (χ3v) is 1.76. The number of carbonyl (C=O) groups is 2. The summed E-state index contributed by atoms with van der Waals surface area (Å²) in [4.78, 5) is 19.3. The summed E-state index contributed by atoms with van der Waals surface area (Å²) in [7, 11) is 0. The molecule has 3 heteroatoms. The standard InChI is InChI=1S/C6H5Br.C4H8O.C3H6O/c7-6-4-2-1-3-5-6;1-3-4(2)5;1-3(2)4/h1-5H;3H2,1-2H3;1-2H3. The van der Waals surface area contributed by atoms with E-state index in [-0.39, 0.29) is 11.6 Å². The van der Waals surface area contributed by atoms with Gasteiger partial charge in [0.05, 0.1) is 0 Å². The quantitative estimate of drug-likeness (QED) is 0.781. The number of halogens is 1. The van der Waals surface area contributed by atoms with Crippen molar-refractivity contribution in [1.29, 1.82) is 0 Å². The van der Waals surface area contributed by atoms with Gasteiger partial charge in [0.2, 0.25) is 0 Å². The van der Waals surface area contributed by atoms with Crippen LogP contribution in [0.15, 0.2) is 34.8 Å². The van der Waals surface area contributed by atoms with E-state index in [2.05, 4.69) is 15.9 Å². The van der Waals surface area contributed by atoms with Crippen LogP contribution in [0.25, 0.3) is 0 Å². The van der Waals surface area contributed by atoms with Gasteiger partial charge in [0.1, 0.15) is 11.6 Å². The maximum Gasteiger partial charge on any atom is 0.129 e. The van der Waals surface area contributed by atoms with Crippen molar-refractivity contribution in [3.63, 3.8) is 0 Å². The molecule has 0 fully saturated rings. The van der Waals surface area contributed by atoms with Gasteiger partial charge in [-0.1, -0.05) is 41.1 Å². The lowest BCUT2D eigenvalue weighted by molar-refractivity contribution is -0.117. The van der Waals surface area contributed by atoms with Crippen molar-refractivity contribution in [3.8, 4) is 0 Å². The minimum Gasteiger partial charge on any atom is -0.300 e. The first-order chi connectivity index (χ1) is 7.40. The fourth-order valence-corrected chi connectivity index (χ4v) is 0.720. The number of ketones is 2. The van der Waals surface area contributed by atoms with Crippen LogP contribution in [0.4, 0.5) is 0 Å². The Morgan fingerprint density at radius 2 is 1.38 bits per heavy atom. The Balaban J connectivity index is 0. The molecule has 0 aliphatic rings. The zero-order chi connectivity index (χ0) is 13.0. The molecule has 0 heterocycles. The van der Waals surface area contributed by atoms with E-state index in [1.54, 1.807) is 6.92 Å². The zero-order valence-electron chi connectivity index (χ0n) is 10.3. The first-order valence-corrected chi connectivity index (χ1v) is 5.86. The van der Waals surface area contributed by atoms with Gasteiger partial charge in [-0.25, -0.2) is 0 Å². The molecule has 1 rings (SSSR count). The van der Waals surface area contributed by atoms with Crippen LogP contribution in [-0.4, -0.2) is 11.6 Å². The summed E-state index contributed by atoms with van der Waals surface area (Å²) >= 11 is 3.31. The van der Waals surface area contributed by atoms with Crippen molar-refractivity contribution in [3.05, 3.63) is 34.8 Å². The Morgan fingerprint density at radius 1 is 1.06 bits per heavy atom. The van der Waals surface area contributed by atoms with E-state index >= 15 is 0 Å². The Morgan fingerprint density at radius 3 is 1.50 bits per heavy atom. The molecule has 0 radical (unpaired) electrons. The van der Waals surface area contributed by atoms with E-state index in [0.29, 0.717) is 6.42 Å². The van der Waals surface area contributed by atoms with E-state index in [0.717, 1.165) is 4.47 Å². The van der Waals surface area contributed by atoms with Crippen LogP contribution in [0.1, 0.15) is 34.1 Å². The third-order valence-electron chi connectivity index (χ3n) is 1.23. The zero-order valence-corrected chi connectivity index (χ0v) is 11.9. The topological polar surface area (TPSA) is 34.1 Å². The Hall–Kier alpha value is -0.960. The van der Waals surface area contributed by atoms with Crippen LogP contribution in [0.5, 0.6) is 0 Å². The number of benzene rings is 1. The van der Waals surface area contributed by atoms with E-state index in [1.807, 2.05) is 37.3 Å². The molecule has 0 aliphatic carbocycles. The predicted molar refractivity (Wildman–Crippen MR) is 71.5 cm³/mol. The highest BCUT2D eigenvalue weighted by Gasteiger charge is 1.77. The highest BCUT2D eigenvalue weighted by atomic mass is 79.9. The summed E-state index contributed by atoms with van der Waals surface area (Å²) < 4.78 is 1.13. The van der Waals surface area contributed by atoms with E-state index in [9.17, 15) is 9.59 Å². The Kier molecular flexibility index (Phi) is 13.2. The van der Waals surface area contributed by atoms with Gasteiger partial charge in [0.15, 0.2) is 0 Å². The molecule has 16 heavy (non-hydrogen) atoms. The largest absolute Gasteiger partial charge is 0.300 e. The van der Waals surface area contributed by atoms with Crippen LogP contribution in [0, 0.1) is 0 Å². The predicted octanol–water partition coefficient (Wildman–Crippen LogP) is 4.03. The maximum absolute atomic E-state index is 9.81. The molecule has 0 saturated carbocycles. The van der Waals surface area contributed by atoms with Gasteiger partial charge in [-0.15, -0.1) is 0 Å². The number of hydrogen-bond acceptors (Lipinski definition) is 2. The van der Waals surface area contributed by atoms with E-state index in [4.69, 9.17) is 0 Å². The first kappa shape index (κ1) is 17.4. The molecule has 1 aromatic carbocycles. The molecular weight excluding hydrogens is 268 g/mol. The van der Waals surface area contributed by atoms with Crippen LogP contribution in [-0.2, 0) is 9.59 Å². The smallest absolute Gasteiger partial charge is 0.129 e. The lowest BCUT2D eigenvalue weighted by atomic mass is 10.4. The van der Waals surface area contributed by atoms with Gasteiger partial charge in [0, 0.05) is 10.9 Å². The highest BCUT2D eigenvalue weighted by molar-refractivity contribution is 9.10. The molecule has 0 amide bonds. The third kappa shape index (κ3) is 23.1. The highest BCUT2D eigenvalue weighted by Crippen LogP contribution is 2.05. The second-order valence-corrected chi connectivity index (χ2v) is 4.18. The Bertz CT molecular complexity index is 290. The summed E-state index contributed by atoms with van der Waals surface area (Å²) in [6, 6.07) is 9.97. The molecular formula is C13H19BrO2. The van der Waals surface area contributed by atoms with E-state index in [1.165, 1.54) is 13.8 Å². The second-order valence-electron chi connectivity index (χ2n) is 3.26. The average Bonchev–Trinajstić information content (AvgIpc) is 2.19. The van der Waals surface area contributed by atoms with Gasteiger partial charge < -0.3 is 9.59 Å². The molecule has 0 N–H and O–H groups in total. The van der Waals surface area contributed by atoms with Crippen molar-refractivity contribution in [2.24, 2.45) is 0 Å². The van der Waals surface area contributed by atoms with Crippen LogP contribution < -0.4 is 0 Å². The number of carbonyl (C=O) groups excluding carboxylic acids is 2. The molecule has 0 saturated heterocycles. The van der Waals surface area contributed by atoms with Crippen molar-refractivity contribution in [2.75, 3.05) is 0 Å². The summed E-state index contributed by atoms with van der Waals surface area (Å²) in [5, 5.41) is 0. The van der Waals surface area contributed by atoms with Crippen LogP contribution in [0.2, 0.25) is 0 Å². The summed E-state index contributed by atoms with van der Waals surface area (Å²) in [6.45, 7) is 6.49. The van der Waals surface area contributed by atoms with Gasteiger partial charge in [-0.05, 0) is 32.9 Å². The Labute approximate surface area is 106 Å². The number of rotatable bonds is 1. The van der Waals surface area contributed by atoms with Crippen molar-refractivity contribution >= 4 is 27.5 Å². The number of Topliss-reactive ketones (excluding diaryl/α,β-unsaturated/α-hetero) is 2. The summed E-state index contributed by atoms with van der Waals surface area (Å²) in [5.74, 6) is 0.421. The molecule has 0 spiro atoms. The number of hydrogen-bond donors (Lipinski definition) is 0. The summed E-state index contributed by atoms with van der Waals surface area (Å²) in [6.07, 6.45) is 0.667. The minimum atomic E-state index is 0.167. The lowest BCUT2D eigenvalue weighted by Crippen LogP contribution is -1.80. The maximum atomic E-state index is 9.81. The lowest BCUT2D eigenvalue weighted by Gasteiger charge is -1.80.